The first kappa shape index (κ1) is 15.2. The van der Waals surface area contributed by atoms with Crippen molar-refractivity contribution >= 4 is 17.6 Å². The van der Waals surface area contributed by atoms with Crippen molar-refractivity contribution in [3.63, 3.8) is 0 Å². The molecule has 0 amide bonds. The maximum atomic E-state index is 12.0. The van der Waals surface area contributed by atoms with Crippen LogP contribution in [0.3, 0.4) is 0 Å². The highest BCUT2D eigenvalue weighted by atomic mass is 35.5. The molecule has 2 rings (SSSR count). The van der Waals surface area contributed by atoms with Gasteiger partial charge in [0.05, 0.1) is 17.5 Å². The smallest absolute Gasteiger partial charge is 0.314 e. The van der Waals surface area contributed by atoms with Crippen molar-refractivity contribution in [2.45, 2.75) is 51.4 Å². The molecule has 0 radical (unpaired) electrons. The molecule has 0 atom stereocenters. The topological polar surface area (TPSA) is 46.5 Å². The van der Waals surface area contributed by atoms with Gasteiger partial charge in [0.15, 0.2) is 0 Å². The van der Waals surface area contributed by atoms with Crippen molar-refractivity contribution in [3.8, 4) is 5.75 Å². The first-order chi connectivity index (χ1) is 9.44. The highest BCUT2D eigenvalue weighted by molar-refractivity contribution is 6.32. The van der Waals surface area contributed by atoms with Crippen LogP contribution < -0.4 is 4.74 Å². The van der Waals surface area contributed by atoms with Gasteiger partial charge in [-0.15, -0.1) is 0 Å². The molecule has 0 unspecified atom stereocenters. The van der Waals surface area contributed by atoms with Crippen molar-refractivity contribution in [2.75, 3.05) is 7.11 Å². The molecular weight excluding hydrogens is 276 g/mol. The van der Waals surface area contributed by atoms with Gasteiger partial charge in [0.1, 0.15) is 5.75 Å². The molecule has 0 aliphatic heterocycles. The van der Waals surface area contributed by atoms with Crippen LogP contribution in [-0.2, 0) is 10.2 Å². The standard InChI is InChI=1S/C16H21ClO3/c1-10-9-11(2)14(20-3)12(13(10)17)16(15(18)19)7-5-4-6-8-16/h9H,4-8H2,1-3H3,(H,18,19). The van der Waals surface area contributed by atoms with Crippen LogP contribution >= 0.6 is 11.6 Å². The minimum Gasteiger partial charge on any atom is -0.496 e. The van der Waals surface area contributed by atoms with Gasteiger partial charge in [-0.25, -0.2) is 0 Å². The van der Waals surface area contributed by atoms with Crippen LogP contribution in [0.15, 0.2) is 6.07 Å². The monoisotopic (exact) mass is 296 g/mol. The second kappa shape index (κ2) is 5.65. The van der Waals surface area contributed by atoms with E-state index >= 15 is 0 Å². The van der Waals surface area contributed by atoms with Crippen molar-refractivity contribution in [1.82, 2.24) is 0 Å². The van der Waals surface area contributed by atoms with Gasteiger partial charge in [-0.1, -0.05) is 36.9 Å². The summed E-state index contributed by atoms with van der Waals surface area (Å²) in [6.07, 6.45) is 4.17. The first-order valence-electron chi connectivity index (χ1n) is 7.01. The van der Waals surface area contributed by atoms with E-state index in [4.69, 9.17) is 16.3 Å². The zero-order chi connectivity index (χ0) is 14.9. The van der Waals surface area contributed by atoms with Gasteiger partial charge in [0.2, 0.25) is 0 Å². The van der Waals surface area contributed by atoms with Gasteiger partial charge >= 0.3 is 5.97 Å². The summed E-state index contributed by atoms with van der Waals surface area (Å²) >= 11 is 6.47. The largest absolute Gasteiger partial charge is 0.496 e. The van der Waals surface area contributed by atoms with Gasteiger partial charge in [-0.2, -0.15) is 0 Å². The molecule has 1 saturated carbocycles. The van der Waals surface area contributed by atoms with Crippen molar-refractivity contribution in [3.05, 3.63) is 27.8 Å². The first-order valence-corrected chi connectivity index (χ1v) is 7.39. The molecule has 1 fully saturated rings. The molecule has 0 bridgehead atoms. The maximum absolute atomic E-state index is 12.0. The Balaban J connectivity index is 2.73. The van der Waals surface area contributed by atoms with E-state index in [2.05, 4.69) is 0 Å². The van der Waals surface area contributed by atoms with Crippen LogP contribution in [0.5, 0.6) is 5.75 Å². The number of ether oxygens (including phenoxy) is 1. The molecule has 1 N–H and O–H groups in total. The highest BCUT2D eigenvalue weighted by Crippen LogP contribution is 2.48. The van der Waals surface area contributed by atoms with E-state index in [0.29, 0.717) is 29.2 Å². The number of benzene rings is 1. The summed E-state index contributed by atoms with van der Waals surface area (Å²) in [6, 6.07) is 1.95. The number of hydrogen-bond acceptors (Lipinski definition) is 2. The lowest BCUT2D eigenvalue weighted by Gasteiger charge is -2.36. The van der Waals surface area contributed by atoms with E-state index in [0.717, 1.165) is 30.4 Å². The lowest BCUT2D eigenvalue weighted by atomic mass is 9.68. The fourth-order valence-corrected chi connectivity index (χ4v) is 3.69. The van der Waals surface area contributed by atoms with Crippen LogP contribution in [0.1, 0.15) is 48.8 Å². The van der Waals surface area contributed by atoms with Crippen molar-refractivity contribution in [2.24, 2.45) is 0 Å². The molecule has 1 aliphatic carbocycles. The third kappa shape index (κ3) is 2.28. The van der Waals surface area contributed by atoms with Gasteiger partial charge < -0.3 is 9.84 Å². The Morgan fingerprint density at radius 1 is 1.25 bits per heavy atom. The van der Waals surface area contributed by atoms with E-state index in [9.17, 15) is 9.90 Å². The number of halogens is 1. The normalized spacial score (nSPS) is 17.8. The molecule has 0 aromatic heterocycles. The molecule has 20 heavy (non-hydrogen) atoms. The lowest BCUT2D eigenvalue weighted by Crippen LogP contribution is -2.38. The predicted octanol–water partition coefficient (Wildman–Crippen LogP) is 4.25. The zero-order valence-electron chi connectivity index (χ0n) is 12.3. The molecule has 0 saturated heterocycles. The molecule has 110 valence electrons. The summed E-state index contributed by atoms with van der Waals surface area (Å²) in [6.45, 7) is 3.85. The van der Waals surface area contributed by atoms with Crippen LogP contribution in [0, 0.1) is 13.8 Å². The average Bonchev–Trinajstić information content (AvgIpc) is 2.43. The fraction of sp³-hybridized carbons (Fsp3) is 0.562. The summed E-state index contributed by atoms with van der Waals surface area (Å²) < 4.78 is 5.49. The molecule has 1 aromatic carbocycles. The Bertz CT molecular complexity index is 531. The number of methoxy groups -OCH3 is 1. The Kier molecular flexibility index (Phi) is 4.28. The molecule has 1 aromatic rings. The quantitative estimate of drug-likeness (QED) is 0.907. The fourth-order valence-electron chi connectivity index (χ4n) is 3.36. The van der Waals surface area contributed by atoms with Crippen molar-refractivity contribution < 1.29 is 14.6 Å². The van der Waals surface area contributed by atoms with Gasteiger partial charge in [-0.3, -0.25) is 4.79 Å². The number of rotatable bonds is 3. The van der Waals surface area contributed by atoms with Crippen LogP contribution in [0.25, 0.3) is 0 Å². The average molecular weight is 297 g/mol. The lowest BCUT2D eigenvalue weighted by molar-refractivity contribution is -0.145. The van der Waals surface area contributed by atoms with Crippen molar-refractivity contribution in [1.29, 1.82) is 0 Å². The summed E-state index contributed by atoms with van der Waals surface area (Å²) in [7, 11) is 1.58. The van der Waals surface area contributed by atoms with E-state index in [1.807, 2.05) is 19.9 Å². The number of carbonyl (C=O) groups is 1. The molecule has 4 heteroatoms. The number of aryl methyl sites for hydroxylation is 2. The minimum atomic E-state index is -0.905. The van der Waals surface area contributed by atoms with Gasteiger partial charge in [-0.05, 0) is 37.8 Å². The Morgan fingerprint density at radius 3 is 2.35 bits per heavy atom. The Morgan fingerprint density at radius 2 is 1.85 bits per heavy atom. The van der Waals surface area contributed by atoms with E-state index in [-0.39, 0.29) is 0 Å². The number of aliphatic carboxylic acids is 1. The number of carboxylic acids is 1. The number of hydrogen-bond donors (Lipinski definition) is 1. The van der Waals surface area contributed by atoms with E-state index in [1.165, 1.54) is 0 Å². The number of carboxylic acid groups (broad SMARTS) is 1. The zero-order valence-corrected chi connectivity index (χ0v) is 13.0. The molecule has 0 heterocycles. The maximum Gasteiger partial charge on any atom is 0.314 e. The molecule has 1 aliphatic rings. The third-order valence-corrected chi connectivity index (χ3v) is 4.87. The Labute approximate surface area is 124 Å². The SMILES string of the molecule is COc1c(C)cc(C)c(Cl)c1C1(C(=O)O)CCCCC1. The van der Waals surface area contributed by atoms with Gasteiger partial charge in [0, 0.05) is 5.56 Å². The van der Waals surface area contributed by atoms with E-state index in [1.54, 1.807) is 7.11 Å². The minimum absolute atomic E-state index is 0.539. The summed E-state index contributed by atoms with van der Waals surface area (Å²) in [4.78, 5) is 12.0. The van der Waals surface area contributed by atoms with Crippen LogP contribution in [0.4, 0.5) is 0 Å². The second-order valence-electron chi connectivity index (χ2n) is 5.68. The highest BCUT2D eigenvalue weighted by Gasteiger charge is 2.45. The third-order valence-electron chi connectivity index (χ3n) is 4.38. The summed E-state index contributed by atoms with van der Waals surface area (Å²) in [5.41, 5.74) is 1.62. The van der Waals surface area contributed by atoms with Crippen LogP contribution in [-0.4, -0.2) is 18.2 Å². The van der Waals surface area contributed by atoms with E-state index < -0.39 is 11.4 Å². The molecular formula is C16H21ClO3. The van der Waals surface area contributed by atoms with Gasteiger partial charge in [0.25, 0.3) is 0 Å². The second-order valence-corrected chi connectivity index (χ2v) is 6.06. The summed E-state index contributed by atoms with van der Waals surface area (Å²) in [5.74, 6) is -0.160. The summed E-state index contributed by atoms with van der Waals surface area (Å²) in [5, 5.41) is 10.4. The predicted molar refractivity (Wildman–Crippen MR) is 79.9 cm³/mol. The molecule has 0 spiro atoms. The molecule has 3 nitrogen and oxygen atoms in total. The van der Waals surface area contributed by atoms with Crippen LogP contribution in [0.2, 0.25) is 5.02 Å². The Hall–Kier alpha value is -1.22.